The van der Waals surface area contributed by atoms with E-state index in [1.165, 1.54) is 5.56 Å². The number of nitrogens with zero attached hydrogens (tertiary/aromatic N) is 2. The minimum atomic E-state index is -0.106. The van der Waals surface area contributed by atoms with E-state index in [0.717, 1.165) is 16.5 Å². The standard InChI is InChI=1S/C19H23BrN2O/c1-14(2)18(16-4-6-17(20)7-5-16)19(23)22(3)13-10-15-8-11-21-12-9-15/h4-9,11-12,14,18H,10,13H2,1-3H3. The number of hydrogen-bond acceptors (Lipinski definition) is 2. The molecule has 23 heavy (non-hydrogen) atoms. The number of halogens is 1. The lowest BCUT2D eigenvalue weighted by Crippen LogP contribution is -2.35. The van der Waals surface area contributed by atoms with Crippen LogP contribution in [0.1, 0.15) is 30.9 Å². The summed E-state index contributed by atoms with van der Waals surface area (Å²) in [6.07, 6.45) is 4.42. The van der Waals surface area contributed by atoms with Gasteiger partial charge < -0.3 is 4.90 Å². The average Bonchev–Trinajstić information content (AvgIpc) is 2.55. The summed E-state index contributed by atoms with van der Waals surface area (Å²) in [7, 11) is 1.89. The van der Waals surface area contributed by atoms with Crippen LogP contribution in [0, 0.1) is 5.92 Å². The van der Waals surface area contributed by atoms with Crippen molar-refractivity contribution in [2.75, 3.05) is 13.6 Å². The Balaban J connectivity index is 2.06. The quantitative estimate of drug-likeness (QED) is 0.755. The van der Waals surface area contributed by atoms with E-state index in [0.29, 0.717) is 6.54 Å². The molecule has 0 aliphatic rings. The predicted molar refractivity (Wildman–Crippen MR) is 97.3 cm³/mol. The Morgan fingerprint density at radius 2 is 1.74 bits per heavy atom. The van der Waals surface area contributed by atoms with Gasteiger partial charge in [-0.25, -0.2) is 0 Å². The van der Waals surface area contributed by atoms with E-state index in [-0.39, 0.29) is 17.7 Å². The Labute approximate surface area is 146 Å². The van der Waals surface area contributed by atoms with Crippen molar-refractivity contribution in [3.8, 4) is 0 Å². The van der Waals surface area contributed by atoms with Gasteiger partial charge in [-0.15, -0.1) is 0 Å². The lowest BCUT2D eigenvalue weighted by atomic mass is 9.87. The Hall–Kier alpha value is -1.68. The van der Waals surface area contributed by atoms with Gasteiger partial charge in [0.05, 0.1) is 5.92 Å². The van der Waals surface area contributed by atoms with E-state index in [1.807, 2.05) is 48.3 Å². The lowest BCUT2D eigenvalue weighted by Gasteiger charge is -2.27. The maximum atomic E-state index is 12.9. The fourth-order valence-electron chi connectivity index (χ4n) is 2.68. The number of amides is 1. The van der Waals surface area contributed by atoms with Gasteiger partial charge in [-0.1, -0.05) is 41.9 Å². The van der Waals surface area contributed by atoms with Crippen molar-refractivity contribution in [2.45, 2.75) is 26.2 Å². The molecule has 0 saturated heterocycles. The maximum Gasteiger partial charge on any atom is 0.230 e. The van der Waals surface area contributed by atoms with E-state index in [4.69, 9.17) is 0 Å². The van der Waals surface area contributed by atoms with Crippen LogP contribution in [0.25, 0.3) is 0 Å². The molecule has 1 aromatic carbocycles. The van der Waals surface area contributed by atoms with E-state index in [9.17, 15) is 4.79 Å². The number of carbonyl (C=O) groups is 1. The molecule has 4 heteroatoms. The molecule has 1 unspecified atom stereocenters. The molecule has 0 aliphatic carbocycles. The normalized spacial score (nSPS) is 12.2. The van der Waals surface area contributed by atoms with E-state index in [1.54, 1.807) is 12.4 Å². The summed E-state index contributed by atoms with van der Waals surface area (Å²) in [4.78, 5) is 18.8. The predicted octanol–water partition coefficient (Wildman–Crippen LogP) is 4.28. The monoisotopic (exact) mass is 374 g/mol. The zero-order valence-electron chi connectivity index (χ0n) is 13.9. The van der Waals surface area contributed by atoms with Crippen LogP contribution in [0.2, 0.25) is 0 Å². The molecule has 0 radical (unpaired) electrons. The molecule has 1 aromatic heterocycles. The second-order valence-electron chi connectivity index (χ2n) is 6.14. The zero-order valence-corrected chi connectivity index (χ0v) is 15.5. The molecule has 1 atom stereocenters. The molecule has 0 aliphatic heterocycles. The van der Waals surface area contributed by atoms with E-state index in [2.05, 4.69) is 34.8 Å². The summed E-state index contributed by atoms with van der Waals surface area (Å²) in [5.74, 6) is 0.328. The third kappa shape index (κ3) is 4.90. The first-order valence-electron chi connectivity index (χ1n) is 7.88. The molecular formula is C19H23BrN2O. The SMILES string of the molecule is CC(C)C(C(=O)N(C)CCc1ccncc1)c1ccc(Br)cc1. The third-order valence-corrected chi connectivity index (χ3v) is 4.55. The molecule has 0 fully saturated rings. The summed E-state index contributed by atoms with van der Waals surface area (Å²) in [6, 6.07) is 12.0. The third-order valence-electron chi connectivity index (χ3n) is 4.02. The zero-order chi connectivity index (χ0) is 16.8. The van der Waals surface area contributed by atoms with Crippen molar-refractivity contribution in [2.24, 2.45) is 5.92 Å². The molecule has 0 N–H and O–H groups in total. The van der Waals surface area contributed by atoms with E-state index < -0.39 is 0 Å². The number of aromatic nitrogens is 1. The molecule has 0 bridgehead atoms. The summed E-state index contributed by atoms with van der Waals surface area (Å²) < 4.78 is 1.03. The van der Waals surface area contributed by atoms with Crippen LogP contribution >= 0.6 is 15.9 Å². The average molecular weight is 375 g/mol. The number of benzene rings is 1. The van der Waals surface area contributed by atoms with Gasteiger partial charge in [0, 0.05) is 30.5 Å². The second kappa shape index (κ2) is 8.25. The number of pyridine rings is 1. The Kier molecular flexibility index (Phi) is 6.34. The van der Waals surface area contributed by atoms with Gasteiger partial charge in [-0.05, 0) is 47.7 Å². The fraction of sp³-hybridized carbons (Fsp3) is 0.368. The number of likely N-dealkylation sites (N-methyl/N-ethyl adjacent to an activating group) is 1. The van der Waals surface area contributed by atoms with Crippen molar-refractivity contribution in [3.05, 3.63) is 64.4 Å². The molecular weight excluding hydrogens is 352 g/mol. The van der Waals surface area contributed by atoms with Crippen LogP contribution < -0.4 is 0 Å². The fourth-order valence-corrected chi connectivity index (χ4v) is 2.94. The highest BCUT2D eigenvalue weighted by Gasteiger charge is 2.26. The summed E-state index contributed by atoms with van der Waals surface area (Å²) >= 11 is 3.45. The first-order chi connectivity index (χ1) is 11.0. The van der Waals surface area contributed by atoms with Crippen LogP contribution in [0.15, 0.2) is 53.3 Å². The highest BCUT2D eigenvalue weighted by atomic mass is 79.9. The number of hydrogen-bond donors (Lipinski definition) is 0. The highest BCUT2D eigenvalue weighted by molar-refractivity contribution is 9.10. The van der Waals surface area contributed by atoms with Crippen LogP contribution in [-0.4, -0.2) is 29.4 Å². The van der Waals surface area contributed by atoms with Crippen molar-refractivity contribution in [1.29, 1.82) is 0 Å². The highest BCUT2D eigenvalue weighted by Crippen LogP contribution is 2.27. The largest absolute Gasteiger partial charge is 0.345 e. The summed E-state index contributed by atoms with van der Waals surface area (Å²) in [5, 5.41) is 0. The van der Waals surface area contributed by atoms with Crippen molar-refractivity contribution < 1.29 is 4.79 Å². The van der Waals surface area contributed by atoms with Gasteiger partial charge in [0.15, 0.2) is 0 Å². The van der Waals surface area contributed by atoms with Gasteiger partial charge in [-0.2, -0.15) is 0 Å². The van der Waals surface area contributed by atoms with Gasteiger partial charge in [-0.3, -0.25) is 9.78 Å². The minimum absolute atomic E-state index is 0.106. The van der Waals surface area contributed by atoms with Crippen molar-refractivity contribution in [1.82, 2.24) is 9.88 Å². The first-order valence-corrected chi connectivity index (χ1v) is 8.67. The molecule has 3 nitrogen and oxygen atoms in total. The van der Waals surface area contributed by atoms with Crippen LogP contribution in [-0.2, 0) is 11.2 Å². The Bertz CT molecular complexity index is 626. The van der Waals surface area contributed by atoms with Crippen LogP contribution in [0.5, 0.6) is 0 Å². The maximum absolute atomic E-state index is 12.9. The number of carbonyl (C=O) groups excluding carboxylic acids is 1. The van der Waals surface area contributed by atoms with E-state index >= 15 is 0 Å². The molecule has 1 heterocycles. The first kappa shape index (κ1) is 17.7. The smallest absolute Gasteiger partial charge is 0.230 e. The van der Waals surface area contributed by atoms with Crippen molar-refractivity contribution in [3.63, 3.8) is 0 Å². The summed E-state index contributed by atoms with van der Waals surface area (Å²) in [5.41, 5.74) is 2.27. The van der Waals surface area contributed by atoms with Gasteiger partial charge >= 0.3 is 0 Å². The van der Waals surface area contributed by atoms with Crippen molar-refractivity contribution >= 4 is 21.8 Å². The number of rotatable bonds is 6. The molecule has 0 spiro atoms. The van der Waals surface area contributed by atoms with Crippen LogP contribution in [0.3, 0.4) is 0 Å². The minimum Gasteiger partial charge on any atom is -0.345 e. The van der Waals surface area contributed by atoms with Gasteiger partial charge in [0.25, 0.3) is 0 Å². The second-order valence-corrected chi connectivity index (χ2v) is 7.05. The Morgan fingerprint density at radius 1 is 1.13 bits per heavy atom. The van der Waals surface area contributed by atoms with Crippen LogP contribution in [0.4, 0.5) is 0 Å². The topological polar surface area (TPSA) is 33.2 Å². The summed E-state index contributed by atoms with van der Waals surface area (Å²) in [6.45, 7) is 4.91. The molecule has 2 aromatic rings. The van der Waals surface area contributed by atoms with Gasteiger partial charge in [0.2, 0.25) is 5.91 Å². The molecule has 122 valence electrons. The molecule has 0 saturated carbocycles. The Morgan fingerprint density at radius 3 is 2.30 bits per heavy atom. The molecule has 1 amide bonds. The van der Waals surface area contributed by atoms with Gasteiger partial charge in [0.1, 0.15) is 0 Å². The lowest BCUT2D eigenvalue weighted by molar-refractivity contribution is -0.132. The molecule has 2 rings (SSSR count).